The number of ether oxygens (including phenoxy) is 1. The Balaban J connectivity index is 0.000000325. The summed E-state index contributed by atoms with van der Waals surface area (Å²) in [5.74, 6) is 3.60. The van der Waals surface area contributed by atoms with E-state index in [4.69, 9.17) is 10.5 Å². The molecule has 1 heterocycles. The van der Waals surface area contributed by atoms with Crippen LogP contribution in [0.1, 0.15) is 13.8 Å². The van der Waals surface area contributed by atoms with E-state index in [9.17, 15) is 0 Å². The summed E-state index contributed by atoms with van der Waals surface area (Å²) in [5.41, 5.74) is 5.03. The van der Waals surface area contributed by atoms with E-state index in [0.717, 1.165) is 45.3 Å². The molecule has 0 amide bonds. The quantitative estimate of drug-likeness (QED) is 0.530. The molecule has 0 unspecified atom stereocenters. The third kappa shape index (κ3) is 9.78. The van der Waals surface area contributed by atoms with Crippen molar-refractivity contribution in [2.24, 2.45) is 11.7 Å². The van der Waals surface area contributed by atoms with Crippen LogP contribution in [-0.2, 0) is 4.74 Å². The van der Waals surface area contributed by atoms with Gasteiger partial charge in [-0.1, -0.05) is 19.8 Å². The summed E-state index contributed by atoms with van der Waals surface area (Å²) in [7, 11) is 1.97. The lowest BCUT2D eigenvalue weighted by molar-refractivity contribution is 0.0443. The Morgan fingerprint density at radius 3 is 2.38 bits per heavy atom. The summed E-state index contributed by atoms with van der Waals surface area (Å²) in [5, 5.41) is 3.07. The summed E-state index contributed by atoms with van der Waals surface area (Å²) < 4.78 is 5.16. The van der Waals surface area contributed by atoms with Gasteiger partial charge in [0.15, 0.2) is 0 Å². The molecule has 0 spiro atoms. The van der Waals surface area contributed by atoms with Crippen LogP contribution in [0.2, 0.25) is 0 Å². The van der Waals surface area contributed by atoms with Crippen LogP contribution in [0.5, 0.6) is 0 Å². The number of nitrogens with zero attached hydrogens (tertiary/aromatic N) is 1. The van der Waals surface area contributed by atoms with E-state index >= 15 is 0 Å². The zero-order chi connectivity index (χ0) is 12.2. The molecule has 4 heteroatoms. The van der Waals surface area contributed by atoms with Crippen molar-refractivity contribution in [3.05, 3.63) is 0 Å². The fraction of sp³-hybridized carbons (Fsp3) is 0.833. The lowest BCUT2D eigenvalue weighted by Gasteiger charge is -2.23. The van der Waals surface area contributed by atoms with Crippen LogP contribution in [0, 0.1) is 17.9 Å². The Bertz CT molecular complexity index is 202. The van der Waals surface area contributed by atoms with Gasteiger partial charge in [-0.15, -0.1) is 0 Å². The first-order valence-electron chi connectivity index (χ1n) is 5.83. The highest BCUT2D eigenvalue weighted by Crippen LogP contribution is 1.93. The highest BCUT2D eigenvalue weighted by atomic mass is 16.5. The first-order chi connectivity index (χ1) is 7.70. The van der Waals surface area contributed by atoms with Gasteiger partial charge in [0.25, 0.3) is 0 Å². The average molecular weight is 227 g/mol. The van der Waals surface area contributed by atoms with E-state index in [1.54, 1.807) is 0 Å². The second-order valence-corrected chi connectivity index (χ2v) is 4.16. The van der Waals surface area contributed by atoms with Gasteiger partial charge in [-0.25, -0.2) is 0 Å². The normalized spacial score (nSPS) is 16.0. The minimum Gasteiger partial charge on any atom is -0.379 e. The predicted molar refractivity (Wildman–Crippen MR) is 68.0 cm³/mol. The molecule has 0 atom stereocenters. The van der Waals surface area contributed by atoms with Crippen molar-refractivity contribution in [1.82, 2.24) is 10.2 Å². The summed E-state index contributed by atoms with van der Waals surface area (Å²) >= 11 is 0. The molecule has 4 nitrogen and oxygen atoms in total. The monoisotopic (exact) mass is 227 g/mol. The third-order valence-electron chi connectivity index (χ3n) is 2.12. The molecule has 94 valence electrons. The Labute approximate surface area is 99.5 Å². The first kappa shape index (κ1) is 15.2. The molecule has 0 aromatic heterocycles. The van der Waals surface area contributed by atoms with Crippen LogP contribution >= 0.6 is 0 Å². The van der Waals surface area contributed by atoms with E-state index in [-0.39, 0.29) is 0 Å². The molecule has 0 bridgehead atoms. The van der Waals surface area contributed by atoms with E-state index in [1.807, 2.05) is 7.05 Å². The van der Waals surface area contributed by atoms with E-state index in [1.165, 1.54) is 0 Å². The molecular formula is C12H25N3O. The van der Waals surface area contributed by atoms with Gasteiger partial charge in [0.1, 0.15) is 0 Å². The van der Waals surface area contributed by atoms with Gasteiger partial charge in [0.05, 0.1) is 19.8 Å². The fourth-order valence-electron chi connectivity index (χ4n) is 1.32. The summed E-state index contributed by atoms with van der Waals surface area (Å²) in [6.45, 7) is 9.90. The van der Waals surface area contributed by atoms with Gasteiger partial charge in [-0.05, 0) is 19.5 Å². The largest absolute Gasteiger partial charge is 0.379 e. The van der Waals surface area contributed by atoms with E-state index in [0.29, 0.717) is 0 Å². The molecule has 0 aromatic carbocycles. The van der Waals surface area contributed by atoms with Crippen LogP contribution in [0.3, 0.4) is 0 Å². The molecule has 1 rings (SSSR count). The van der Waals surface area contributed by atoms with Crippen molar-refractivity contribution in [2.45, 2.75) is 13.8 Å². The molecule has 16 heavy (non-hydrogen) atoms. The molecule has 3 N–H and O–H groups in total. The van der Waals surface area contributed by atoms with Crippen molar-refractivity contribution in [2.75, 3.05) is 46.4 Å². The van der Waals surface area contributed by atoms with Gasteiger partial charge in [0, 0.05) is 19.1 Å². The van der Waals surface area contributed by atoms with Crippen LogP contribution in [0.25, 0.3) is 0 Å². The minimum absolute atomic E-state index is 0.778. The number of nitrogens with one attached hydrogen (secondary N) is 1. The van der Waals surface area contributed by atoms with Gasteiger partial charge < -0.3 is 15.8 Å². The molecule has 1 aliphatic rings. The van der Waals surface area contributed by atoms with E-state index in [2.05, 4.69) is 36.0 Å². The zero-order valence-corrected chi connectivity index (χ0v) is 10.8. The third-order valence-corrected chi connectivity index (χ3v) is 2.12. The molecule has 0 aliphatic carbocycles. The highest BCUT2D eigenvalue weighted by molar-refractivity contribution is 4.96. The van der Waals surface area contributed by atoms with Gasteiger partial charge in [0.2, 0.25) is 0 Å². The Morgan fingerprint density at radius 2 is 2.00 bits per heavy atom. The fourth-order valence-corrected chi connectivity index (χ4v) is 1.32. The van der Waals surface area contributed by atoms with Crippen LogP contribution < -0.4 is 11.1 Å². The highest BCUT2D eigenvalue weighted by Gasteiger charge is 2.07. The van der Waals surface area contributed by atoms with Crippen molar-refractivity contribution >= 4 is 0 Å². The maximum atomic E-state index is 5.16. The number of hydrogen-bond acceptors (Lipinski definition) is 4. The van der Waals surface area contributed by atoms with Crippen LogP contribution in [0.15, 0.2) is 0 Å². The maximum Gasteiger partial charge on any atom is 0.0621 e. The summed E-state index contributed by atoms with van der Waals surface area (Å²) in [4.78, 5) is 2.23. The summed E-state index contributed by atoms with van der Waals surface area (Å²) in [6, 6.07) is 2.38. The average Bonchev–Trinajstić information content (AvgIpc) is 2.28. The Morgan fingerprint density at radius 1 is 1.38 bits per heavy atom. The number of nitrogens with two attached hydrogens (primary N) is 1. The number of morpholine rings is 1. The van der Waals surface area contributed by atoms with Gasteiger partial charge in [-0.3, -0.25) is 4.90 Å². The smallest absolute Gasteiger partial charge is 0.0621 e. The zero-order valence-electron chi connectivity index (χ0n) is 10.8. The Kier molecular flexibility index (Phi) is 10.2. The van der Waals surface area contributed by atoms with Crippen LogP contribution in [0.4, 0.5) is 0 Å². The lowest BCUT2D eigenvalue weighted by atomic mass is 10.2. The molecule has 1 saturated heterocycles. The van der Waals surface area contributed by atoms with Crippen molar-refractivity contribution in [3.63, 3.8) is 0 Å². The molecule has 0 saturated carbocycles. The second kappa shape index (κ2) is 10.7. The van der Waals surface area contributed by atoms with Crippen molar-refractivity contribution < 1.29 is 4.74 Å². The van der Waals surface area contributed by atoms with Crippen molar-refractivity contribution in [1.29, 1.82) is 0 Å². The number of rotatable bonds is 3. The van der Waals surface area contributed by atoms with Gasteiger partial charge >= 0.3 is 0 Å². The summed E-state index contributed by atoms with van der Waals surface area (Å²) in [6.07, 6.45) is 0. The molecule has 0 aromatic rings. The molecular weight excluding hydrogens is 202 g/mol. The standard InChI is InChI=1S/C7H12N2O.C5H13N/c8-2-1-3-9-4-6-10-7-5-9;1-5(2)4-6-3/h3-8H2;5-6H,4H2,1-3H3. The predicted octanol–water partition coefficient (Wildman–Crippen LogP) is 0.100. The minimum atomic E-state index is 0.778. The van der Waals surface area contributed by atoms with Crippen LogP contribution in [-0.4, -0.2) is 51.3 Å². The second-order valence-electron chi connectivity index (χ2n) is 4.16. The molecule has 1 fully saturated rings. The van der Waals surface area contributed by atoms with Crippen molar-refractivity contribution in [3.8, 4) is 12.0 Å². The maximum absolute atomic E-state index is 5.16. The molecule has 1 aliphatic heterocycles. The lowest BCUT2D eigenvalue weighted by Crippen LogP contribution is -2.36. The number of hydrogen-bond donors (Lipinski definition) is 2. The topological polar surface area (TPSA) is 50.5 Å². The molecule has 0 radical (unpaired) electrons. The van der Waals surface area contributed by atoms with Gasteiger partial charge in [-0.2, -0.15) is 0 Å². The Hall–Kier alpha value is -0.760. The SMILES string of the molecule is CNCC(C)C.NC#CCN1CCOCC1. The van der Waals surface area contributed by atoms with E-state index < -0.39 is 0 Å². The first-order valence-corrected chi connectivity index (χ1v) is 5.83.